The molecular weight excluding hydrogens is 222 g/mol. The molecule has 0 aromatic heterocycles. The Kier molecular flexibility index (Phi) is 4.37. The van der Waals surface area contributed by atoms with Crippen LogP contribution in [-0.4, -0.2) is 7.05 Å². The van der Waals surface area contributed by atoms with Gasteiger partial charge in [0.2, 0.25) is 0 Å². The summed E-state index contributed by atoms with van der Waals surface area (Å²) in [5.74, 6) is 0.996. The fourth-order valence-corrected chi connectivity index (χ4v) is 1.98. The highest BCUT2D eigenvalue weighted by Gasteiger charge is 2.06. The lowest BCUT2D eigenvalue weighted by Crippen LogP contribution is -2.08. The van der Waals surface area contributed by atoms with E-state index in [0.29, 0.717) is 6.61 Å². The highest BCUT2D eigenvalue weighted by molar-refractivity contribution is 5.40. The van der Waals surface area contributed by atoms with Crippen molar-refractivity contribution in [3.05, 3.63) is 65.2 Å². The Morgan fingerprint density at radius 3 is 2.50 bits per heavy atom. The number of benzene rings is 2. The van der Waals surface area contributed by atoms with E-state index in [1.165, 1.54) is 16.7 Å². The molecule has 1 N–H and O–H groups in total. The van der Waals surface area contributed by atoms with Crippen molar-refractivity contribution < 1.29 is 4.74 Å². The topological polar surface area (TPSA) is 21.3 Å². The van der Waals surface area contributed by atoms with E-state index in [2.05, 4.69) is 42.6 Å². The first-order valence-corrected chi connectivity index (χ1v) is 6.21. The summed E-state index contributed by atoms with van der Waals surface area (Å²) in [4.78, 5) is 0. The molecule has 0 spiro atoms. The van der Waals surface area contributed by atoms with Gasteiger partial charge in [-0.3, -0.25) is 0 Å². The summed E-state index contributed by atoms with van der Waals surface area (Å²) in [7, 11) is 1.95. The number of hydrogen-bond acceptors (Lipinski definition) is 2. The molecule has 0 aliphatic rings. The summed E-state index contributed by atoms with van der Waals surface area (Å²) in [6.45, 7) is 3.52. The van der Waals surface area contributed by atoms with Crippen LogP contribution in [0.5, 0.6) is 5.75 Å². The van der Waals surface area contributed by atoms with Gasteiger partial charge in [-0.25, -0.2) is 0 Å². The largest absolute Gasteiger partial charge is 0.488 e. The summed E-state index contributed by atoms with van der Waals surface area (Å²) in [5.41, 5.74) is 3.57. The predicted molar refractivity (Wildman–Crippen MR) is 74.7 cm³/mol. The van der Waals surface area contributed by atoms with E-state index < -0.39 is 0 Å². The third kappa shape index (κ3) is 3.11. The van der Waals surface area contributed by atoms with Crippen molar-refractivity contribution in [2.45, 2.75) is 20.1 Å². The SMILES string of the molecule is CNCc1cccc(C)c1OCc1ccccc1. The second-order valence-electron chi connectivity index (χ2n) is 4.37. The van der Waals surface area contributed by atoms with Crippen LogP contribution in [0.1, 0.15) is 16.7 Å². The lowest BCUT2D eigenvalue weighted by atomic mass is 10.1. The monoisotopic (exact) mass is 241 g/mol. The molecule has 2 nitrogen and oxygen atoms in total. The van der Waals surface area contributed by atoms with Crippen LogP contribution < -0.4 is 10.1 Å². The maximum atomic E-state index is 5.97. The Labute approximate surface area is 109 Å². The second kappa shape index (κ2) is 6.22. The van der Waals surface area contributed by atoms with Gasteiger partial charge >= 0.3 is 0 Å². The van der Waals surface area contributed by atoms with E-state index in [1.807, 2.05) is 25.2 Å². The van der Waals surface area contributed by atoms with E-state index in [0.717, 1.165) is 12.3 Å². The minimum Gasteiger partial charge on any atom is -0.488 e. The standard InChI is InChI=1S/C16H19NO/c1-13-7-6-10-15(11-17-2)16(13)18-12-14-8-4-3-5-9-14/h3-10,17H,11-12H2,1-2H3. The maximum absolute atomic E-state index is 5.97. The molecule has 0 amide bonds. The average molecular weight is 241 g/mol. The van der Waals surface area contributed by atoms with Crippen LogP contribution in [0, 0.1) is 6.92 Å². The molecule has 2 aromatic carbocycles. The normalized spacial score (nSPS) is 10.3. The maximum Gasteiger partial charge on any atom is 0.127 e. The lowest BCUT2D eigenvalue weighted by Gasteiger charge is -2.14. The van der Waals surface area contributed by atoms with Gasteiger partial charge in [0.05, 0.1) is 0 Å². The van der Waals surface area contributed by atoms with Crippen molar-refractivity contribution in [3.8, 4) is 5.75 Å². The molecule has 0 bridgehead atoms. The molecule has 2 heteroatoms. The Bertz CT molecular complexity index is 494. The van der Waals surface area contributed by atoms with Gasteiger partial charge in [0.15, 0.2) is 0 Å². The third-order valence-corrected chi connectivity index (χ3v) is 2.89. The molecule has 0 aliphatic heterocycles. The van der Waals surface area contributed by atoms with Crippen molar-refractivity contribution in [3.63, 3.8) is 0 Å². The number of aryl methyl sites for hydroxylation is 1. The molecule has 0 fully saturated rings. The summed E-state index contributed by atoms with van der Waals surface area (Å²) >= 11 is 0. The van der Waals surface area contributed by atoms with Crippen LogP contribution in [0.2, 0.25) is 0 Å². The predicted octanol–water partition coefficient (Wildman–Crippen LogP) is 3.29. The molecule has 0 heterocycles. The molecule has 0 unspecified atom stereocenters. The molecule has 2 aromatic rings. The highest BCUT2D eigenvalue weighted by atomic mass is 16.5. The molecule has 94 valence electrons. The van der Waals surface area contributed by atoms with Crippen molar-refractivity contribution in [2.24, 2.45) is 0 Å². The zero-order chi connectivity index (χ0) is 12.8. The third-order valence-electron chi connectivity index (χ3n) is 2.89. The van der Waals surface area contributed by atoms with Crippen molar-refractivity contribution in [2.75, 3.05) is 7.05 Å². The van der Waals surface area contributed by atoms with Crippen molar-refractivity contribution >= 4 is 0 Å². The fourth-order valence-electron chi connectivity index (χ4n) is 1.98. The first-order valence-electron chi connectivity index (χ1n) is 6.21. The lowest BCUT2D eigenvalue weighted by molar-refractivity contribution is 0.300. The van der Waals surface area contributed by atoms with Gasteiger partial charge in [0, 0.05) is 12.1 Å². The Morgan fingerprint density at radius 2 is 1.78 bits per heavy atom. The van der Waals surface area contributed by atoms with Gasteiger partial charge < -0.3 is 10.1 Å². The van der Waals surface area contributed by atoms with Crippen molar-refractivity contribution in [1.82, 2.24) is 5.32 Å². The van der Waals surface area contributed by atoms with E-state index in [1.54, 1.807) is 0 Å². The molecule has 0 radical (unpaired) electrons. The Balaban J connectivity index is 2.13. The number of nitrogens with one attached hydrogen (secondary N) is 1. The second-order valence-corrected chi connectivity index (χ2v) is 4.37. The van der Waals surface area contributed by atoms with E-state index in [4.69, 9.17) is 4.74 Å². The van der Waals surface area contributed by atoms with E-state index in [9.17, 15) is 0 Å². The minimum atomic E-state index is 0.613. The molecule has 2 rings (SSSR count). The molecule has 0 aliphatic carbocycles. The first kappa shape index (κ1) is 12.7. The first-order chi connectivity index (χ1) is 8.81. The van der Waals surface area contributed by atoms with Gasteiger partial charge in [0.25, 0.3) is 0 Å². The number of hydrogen-bond donors (Lipinski definition) is 1. The highest BCUT2D eigenvalue weighted by Crippen LogP contribution is 2.24. The van der Waals surface area contributed by atoms with Crippen LogP contribution in [-0.2, 0) is 13.2 Å². The molecule has 0 atom stereocenters. The number of para-hydroxylation sites is 1. The van der Waals surface area contributed by atoms with Crippen molar-refractivity contribution in [1.29, 1.82) is 0 Å². The van der Waals surface area contributed by atoms with Gasteiger partial charge in [-0.05, 0) is 25.1 Å². The van der Waals surface area contributed by atoms with Gasteiger partial charge in [-0.1, -0.05) is 48.5 Å². The molecular formula is C16H19NO. The fraction of sp³-hybridized carbons (Fsp3) is 0.250. The van der Waals surface area contributed by atoms with Crippen LogP contribution in [0.4, 0.5) is 0 Å². The van der Waals surface area contributed by atoms with Crippen LogP contribution >= 0.6 is 0 Å². The minimum absolute atomic E-state index is 0.613. The quantitative estimate of drug-likeness (QED) is 0.867. The Morgan fingerprint density at radius 1 is 1.00 bits per heavy atom. The molecule has 18 heavy (non-hydrogen) atoms. The van der Waals surface area contributed by atoms with Crippen LogP contribution in [0.15, 0.2) is 48.5 Å². The van der Waals surface area contributed by atoms with Crippen LogP contribution in [0.25, 0.3) is 0 Å². The van der Waals surface area contributed by atoms with E-state index >= 15 is 0 Å². The Hall–Kier alpha value is -1.80. The van der Waals surface area contributed by atoms with E-state index in [-0.39, 0.29) is 0 Å². The summed E-state index contributed by atoms with van der Waals surface area (Å²) in [5, 5.41) is 3.17. The van der Waals surface area contributed by atoms with Gasteiger partial charge in [0.1, 0.15) is 12.4 Å². The number of ether oxygens (including phenoxy) is 1. The zero-order valence-electron chi connectivity index (χ0n) is 10.9. The van der Waals surface area contributed by atoms with Gasteiger partial charge in [-0.15, -0.1) is 0 Å². The summed E-state index contributed by atoms with van der Waals surface area (Å²) < 4.78 is 5.97. The van der Waals surface area contributed by atoms with Gasteiger partial charge in [-0.2, -0.15) is 0 Å². The smallest absolute Gasteiger partial charge is 0.127 e. The molecule has 0 saturated carbocycles. The number of rotatable bonds is 5. The summed E-state index contributed by atoms with van der Waals surface area (Å²) in [6.07, 6.45) is 0. The zero-order valence-corrected chi connectivity index (χ0v) is 10.9. The molecule has 0 saturated heterocycles. The average Bonchev–Trinajstić information content (AvgIpc) is 2.40. The van der Waals surface area contributed by atoms with Crippen LogP contribution in [0.3, 0.4) is 0 Å². The summed E-state index contributed by atoms with van der Waals surface area (Å²) in [6, 6.07) is 16.5.